The lowest BCUT2D eigenvalue weighted by molar-refractivity contribution is -0.385. The number of hydrogen-bond donors (Lipinski definition) is 2. The molecule has 0 fully saturated rings. The number of nitrogens with one attached hydrogen (secondary N) is 1. The molecule has 3 N–H and O–H groups in total. The molecule has 0 unspecified atom stereocenters. The van der Waals surface area contributed by atoms with E-state index in [9.17, 15) is 25.0 Å². The van der Waals surface area contributed by atoms with Crippen LogP contribution in [0.4, 0.5) is 28.0 Å². The number of benzene rings is 2. The van der Waals surface area contributed by atoms with E-state index in [4.69, 9.17) is 5.73 Å². The van der Waals surface area contributed by atoms with Crippen LogP contribution in [-0.2, 0) is 0 Å². The van der Waals surface area contributed by atoms with Crippen LogP contribution in [0, 0.1) is 20.2 Å². The highest BCUT2D eigenvalue weighted by Gasteiger charge is 2.25. The number of rotatable bonds is 6. The largest absolute Gasteiger partial charge is 0.382 e. The molecule has 0 saturated heterocycles. The summed E-state index contributed by atoms with van der Waals surface area (Å²) < 4.78 is 0. The third-order valence-corrected chi connectivity index (χ3v) is 4.52. The van der Waals surface area contributed by atoms with Crippen LogP contribution in [0.25, 0.3) is 0 Å². The molecule has 1 heterocycles. The zero-order chi connectivity index (χ0) is 19.6. The molecule has 2 aromatic carbocycles. The van der Waals surface area contributed by atoms with Crippen molar-refractivity contribution in [2.24, 2.45) is 0 Å². The van der Waals surface area contributed by atoms with Crippen molar-refractivity contribution in [2.45, 2.75) is 0 Å². The van der Waals surface area contributed by atoms with Gasteiger partial charge in [0, 0.05) is 23.9 Å². The van der Waals surface area contributed by atoms with E-state index in [0.717, 1.165) is 11.3 Å². The highest BCUT2D eigenvalue weighted by Crippen LogP contribution is 2.32. The Kier molecular flexibility index (Phi) is 4.77. The van der Waals surface area contributed by atoms with Crippen LogP contribution in [0.3, 0.4) is 0 Å². The Morgan fingerprint density at radius 3 is 2.33 bits per heavy atom. The van der Waals surface area contributed by atoms with Crippen LogP contribution >= 0.6 is 11.3 Å². The van der Waals surface area contributed by atoms with Crippen LogP contribution in [0.2, 0.25) is 0 Å². The minimum absolute atomic E-state index is 0.0624. The van der Waals surface area contributed by atoms with Crippen molar-refractivity contribution in [3.63, 3.8) is 0 Å². The Bertz CT molecular complexity index is 1050. The molecule has 0 atom stereocenters. The molecule has 0 bridgehead atoms. The molecule has 3 aromatic rings. The van der Waals surface area contributed by atoms with Gasteiger partial charge in [-0.05, 0) is 18.2 Å². The number of aromatic nitrogens is 1. The molecule has 10 nitrogen and oxygen atoms in total. The van der Waals surface area contributed by atoms with Gasteiger partial charge in [-0.3, -0.25) is 25.0 Å². The molecule has 1 aromatic heterocycles. The van der Waals surface area contributed by atoms with Crippen LogP contribution in [-0.4, -0.2) is 20.6 Å². The molecule has 0 aliphatic heterocycles. The first kappa shape index (κ1) is 17.9. The Hall–Kier alpha value is -3.86. The first-order valence-corrected chi connectivity index (χ1v) is 8.24. The number of carbonyl (C=O) groups excluding carboxylic acids is 1. The third kappa shape index (κ3) is 3.72. The van der Waals surface area contributed by atoms with Crippen molar-refractivity contribution in [3.8, 4) is 0 Å². The summed E-state index contributed by atoms with van der Waals surface area (Å²) in [5, 5.41) is 25.0. The van der Waals surface area contributed by atoms with Gasteiger partial charge in [0.25, 0.3) is 11.4 Å². The topological polar surface area (TPSA) is 154 Å². The number of nitro benzene ring substituents is 2. The van der Waals surface area contributed by atoms with Crippen molar-refractivity contribution in [1.29, 1.82) is 0 Å². The fourth-order valence-corrected chi connectivity index (χ4v) is 3.14. The maximum atomic E-state index is 12.7. The lowest BCUT2D eigenvalue weighted by Crippen LogP contribution is -2.06. The molecule has 27 heavy (non-hydrogen) atoms. The molecule has 3 rings (SSSR count). The summed E-state index contributed by atoms with van der Waals surface area (Å²) in [5.41, 5.74) is 5.85. The molecular weight excluding hydrogens is 374 g/mol. The van der Waals surface area contributed by atoms with Gasteiger partial charge in [-0.2, -0.15) is 0 Å². The molecule has 136 valence electrons. The number of thiazole rings is 1. The minimum Gasteiger partial charge on any atom is -0.382 e. The smallest absolute Gasteiger partial charge is 0.280 e. The number of nitrogens with zero attached hydrogens (tertiary/aromatic N) is 3. The number of anilines is 3. The van der Waals surface area contributed by atoms with Crippen LogP contribution in [0.1, 0.15) is 15.2 Å². The molecule has 0 aliphatic carbocycles. The predicted octanol–water partition coefficient (Wildman–Crippen LogP) is 3.52. The summed E-state index contributed by atoms with van der Waals surface area (Å²) >= 11 is 0.935. The summed E-state index contributed by atoms with van der Waals surface area (Å²) in [6.07, 6.45) is 0. The van der Waals surface area contributed by atoms with Gasteiger partial charge in [-0.1, -0.05) is 23.5 Å². The summed E-state index contributed by atoms with van der Waals surface area (Å²) in [6.45, 7) is 0. The number of ketones is 1. The van der Waals surface area contributed by atoms with E-state index in [1.54, 1.807) is 0 Å². The van der Waals surface area contributed by atoms with Crippen LogP contribution in [0.15, 0.2) is 48.5 Å². The van der Waals surface area contributed by atoms with Gasteiger partial charge < -0.3 is 11.1 Å². The highest BCUT2D eigenvalue weighted by molar-refractivity contribution is 7.18. The molecule has 0 radical (unpaired) electrons. The Morgan fingerprint density at radius 1 is 1.04 bits per heavy atom. The van der Waals surface area contributed by atoms with Crippen molar-refractivity contribution >= 4 is 45.1 Å². The average Bonchev–Trinajstić information content (AvgIpc) is 3.01. The van der Waals surface area contributed by atoms with Crippen LogP contribution < -0.4 is 11.1 Å². The number of nitrogen functional groups attached to an aromatic ring is 1. The Morgan fingerprint density at radius 2 is 1.70 bits per heavy atom. The molecule has 0 spiro atoms. The summed E-state index contributed by atoms with van der Waals surface area (Å²) in [6, 6.07) is 11.2. The van der Waals surface area contributed by atoms with E-state index in [0.29, 0.717) is 5.69 Å². The zero-order valence-corrected chi connectivity index (χ0v) is 14.3. The van der Waals surface area contributed by atoms with Gasteiger partial charge >= 0.3 is 0 Å². The molecule has 0 aliphatic rings. The summed E-state index contributed by atoms with van der Waals surface area (Å²) in [4.78, 5) is 37.4. The fourth-order valence-electron chi connectivity index (χ4n) is 2.29. The quantitative estimate of drug-likeness (QED) is 0.371. The van der Waals surface area contributed by atoms with Gasteiger partial charge in [0.1, 0.15) is 16.3 Å². The van der Waals surface area contributed by atoms with E-state index in [1.165, 1.54) is 48.5 Å². The van der Waals surface area contributed by atoms with Crippen molar-refractivity contribution in [3.05, 3.63) is 79.2 Å². The van der Waals surface area contributed by atoms with Gasteiger partial charge in [0.15, 0.2) is 5.13 Å². The lowest BCUT2D eigenvalue weighted by Gasteiger charge is -2.01. The van der Waals surface area contributed by atoms with E-state index in [-0.39, 0.29) is 32.8 Å². The number of nitrogens with two attached hydrogens (primary N) is 1. The monoisotopic (exact) mass is 385 g/mol. The van der Waals surface area contributed by atoms with E-state index >= 15 is 0 Å². The predicted molar refractivity (Wildman–Crippen MR) is 99.4 cm³/mol. The number of hydrogen-bond acceptors (Lipinski definition) is 9. The van der Waals surface area contributed by atoms with Crippen molar-refractivity contribution in [2.75, 3.05) is 11.1 Å². The SMILES string of the molecule is Nc1nc(Nc2ccc([N+](=O)[O-])cc2)sc1C(=O)c1ccccc1[N+](=O)[O-]. The summed E-state index contributed by atoms with van der Waals surface area (Å²) in [5.74, 6) is -0.665. The number of non-ortho nitro benzene ring substituents is 1. The molecular formula is C16H11N5O5S. The van der Waals surface area contributed by atoms with Crippen molar-refractivity contribution in [1.82, 2.24) is 4.98 Å². The van der Waals surface area contributed by atoms with Gasteiger partial charge in [0.05, 0.1) is 9.85 Å². The average molecular weight is 385 g/mol. The van der Waals surface area contributed by atoms with E-state index < -0.39 is 15.6 Å². The first-order chi connectivity index (χ1) is 12.9. The van der Waals surface area contributed by atoms with Crippen molar-refractivity contribution < 1.29 is 14.6 Å². The first-order valence-electron chi connectivity index (χ1n) is 7.42. The second-order valence-corrected chi connectivity index (χ2v) is 6.26. The van der Waals surface area contributed by atoms with E-state index in [2.05, 4.69) is 10.3 Å². The maximum absolute atomic E-state index is 12.7. The zero-order valence-electron chi connectivity index (χ0n) is 13.5. The van der Waals surface area contributed by atoms with Gasteiger partial charge in [0.2, 0.25) is 5.78 Å². The third-order valence-electron chi connectivity index (χ3n) is 3.53. The second kappa shape index (κ2) is 7.17. The molecule has 0 amide bonds. The minimum atomic E-state index is -0.638. The fraction of sp³-hybridized carbons (Fsp3) is 0. The Balaban J connectivity index is 1.87. The number of nitro groups is 2. The molecule has 0 saturated carbocycles. The standard InChI is InChI=1S/C16H11N5O5S/c17-15-14(13(22)11-3-1-2-4-12(11)21(25)26)27-16(19-15)18-9-5-7-10(8-6-9)20(23)24/h1-8H,17H2,(H,18,19). The van der Waals surface area contributed by atoms with Crippen LogP contribution in [0.5, 0.6) is 0 Å². The maximum Gasteiger partial charge on any atom is 0.280 e. The molecule has 11 heteroatoms. The summed E-state index contributed by atoms with van der Waals surface area (Å²) in [7, 11) is 0. The number of para-hydroxylation sites is 1. The second-order valence-electron chi connectivity index (χ2n) is 5.27. The Labute approximate surface area is 155 Å². The highest BCUT2D eigenvalue weighted by atomic mass is 32.1. The van der Waals surface area contributed by atoms with Gasteiger partial charge in [-0.15, -0.1) is 0 Å². The van der Waals surface area contributed by atoms with E-state index in [1.807, 2.05) is 0 Å². The normalized spacial score (nSPS) is 10.4. The number of carbonyl (C=O) groups is 1. The lowest BCUT2D eigenvalue weighted by atomic mass is 10.1. The van der Waals surface area contributed by atoms with Gasteiger partial charge in [-0.25, -0.2) is 4.98 Å².